The molecular formula is C13H19NO3. The Kier molecular flexibility index (Phi) is 8.48. The van der Waals surface area contributed by atoms with Gasteiger partial charge in [-0.1, -0.05) is 18.9 Å². The van der Waals surface area contributed by atoms with Crippen molar-refractivity contribution >= 4 is 11.9 Å². The minimum Gasteiger partial charge on any atom is -0.462 e. The Hall–Kier alpha value is -1.76. The summed E-state index contributed by atoms with van der Waals surface area (Å²) < 4.78 is 4.71. The van der Waals surface area contributed by atoms with E-state index in [1.165, 1.54) is 6.92 Å². The van der Waals surface area contributed by atoms with E-state index in [1.807, 2.05) is 13.8 Å². The Bertz CT molecular complexity index is 336. The maximum atomic E-state index is 11.3. The van der Waals surface area contributed by atoms with Crippen LogP contribution in [0.1, 0.15) is 33.6 Å². The number of nitrogens with one attached hydrogen (secondary N) is 1. The Labute approximate surface area is 102 Å². The van der Waals surface area contributed by atoms with Crippen molar-refractivity contribution in [2.75, 3.05) is 6.61 Å². The lowest BCUT2D eigenvalue weighted by atomic mass is 10.3. The topological polar surface area (TPSA) is 55.4 Å². The first kappa shape index (κ1) is 15.2. The van der Waals surface area contributed by atoms with Crippen LogP contribution in [0.3, 0.4) is 0 Å². The number of ether oxygens (including phenoxy) is 1. The number of unbranched alkanes of at least 4 members (excludes halogenated alkanes) is 1. The lowest BCUT2D eigenvalue weighted by Crippen LogP contribution is -2.29. The van der Waals surface area contributed by atoms with Gasteiger partial charge in [-0.05, 0) is 25.3 Å². The van der Waals surface area contributed by atoms with Gasteiger partial charge >= 0.3 is 5.97 Å². The Morgan fingerprint density at radius 2 is 2.18 bits per heavy atom. The molecule has 17 heavy (non-hydrogen) atoms. The molecule has 0 aromatic carbocycles. The first-order chi connectivity index (χ1) is 8.06. The molecule has 0 saturated heterocycles. The van der Waals surface area contributed by atoms with Gasteiger partial charge in [0.05, 0.1) is 0 Å². The van der Waals surface area contributed by atoms with Crippen LogP contribution < -0.4 is 5.32 Å². The quantitative estimate of drug-likeness (QED) is 0.447. The standard InChI is InChI=1S/C13H19NO3/c1-4-5-6-9-13(16)14-11(2)8-7-10-17-12(3)15/h7-8,11H,4-5,10H2,1-3H3,(H,14,16)/b8-7+. The van der Waals surface area contributed by atoms with Crippen LogP contribution in [0, 0.1) is 11.8 Å². The number of rotatable bonds is 5. The number of hydrogen-bond donors (Lipinski definition) is 1. The molecule has 0 aromatic rings. The molecule has 0 heterocycles. The normalized spacial score (nSPS) is 11.5. The maximum absolute atomic E-state index is 11.3. The summed E-state index contributed by atoms with van der Waals surface area (Å²) in [7, 11) is 0. The van der Waals surface area contributed by atoms with E-state index in [0.717, 1.165) is 12.8 Å². The van der Waals surface area contributed by atoms with Crippen molar-refractivity contribution in [3.8, 4) is 11.8 Å². The third kappa shape index (κ3) is 10.5. The summed E-state index contributed by atoms with van der Waals surface area (Å²) in [5.74, 6) is 4.66. The fraction of sp³-hybridized carbons (Fsp3) is 0.538. The minimum absolute atomic E-state index is 0.131. The number of carbonyl (C=O) groups excluding carboxylic acids is 2. The molecule has 1 amide bonds. The highest BCUT2D eigenvalue weighted by atomic mass is 16.5. The van der Waals surface area contributed by atoms with E-state index >= 15 is 0 Å². The van der Waals surface area contributed by atoms with Gasteiger partial charge in [0.25, 0.3) is 5.91 Å². The smallest absolute Gasteiger partial charge is 0.302 e. The molecule has 0 rings (SSSR count). The van der Waals surface area contributed by atoms with E-state index in [9.17, 15) is 9.59 Å². The van der Waals surface area contributed by atoms with Gasteiger partial charge < -0.3 is 10.1 Å². The molecule has 4 nitrogen and oxygen atoms in total. The molecule has 0 radical (unpaired) electrons. The zero-order valence-electron chi connectivity index (χ0n) is 10.6. The molecule has 0 aliphatic carbocycles. The van der Waals surface area contributed by atoms with Gasteiger partial charge in [0.1, 0.15) is 6.61 Å². The highest BCUT2D eigenvalue weighted by Gasteiger charge is 1.99. The predicted octanol–water partition coefficient (Wildman–Crippen LogP) is 1.41. The average molecular weight is 237 g/mol. The highest BCUT2D eigenvalue weighted by molar-refractivity contribution is 5.93. The van der Waals surface area contributed by atoms with Crippen LogP contribution in [0.15, 0.2) is 12.2 Å². The molecule has 0 aliphatic rings. The minimum atomic E-state index is -0.322. The third-order valence-electron chi connectivity index (χ3n) is 1.74. The molecule has 94 valence electrons. The number of esters is 1. The van der Waals surface area contributed by atoms with Gasteiger partial charge in [0.2, 0.25) is 0 Å². The summed E-state index contributed by atoms with van der Waals surface area (Å²) in [5.41, 5.74) is 0. The fourth-order valence-electron chi connectivity index (χ4n) is 0.984. The second-order valence-electron chi connectivity index (χ2n) is 3.54. The molecule has 4 heteroatoms. The van der Waals surface area contributed by atoms with Crippen LogP contribution in [0.4, 0.5) is 0 Å². The first-order valence-corrected chi connectivity index (χ1v) is 5.65. The zero-order valence-corrected chi connectivity index (χ0v) is 10.6. The lowest BCUT2D eigenvalue weighted by Gasteiger charge is -2.05. The maximum Gasteiger partial charge on any atom is 0.302 e. The third-order valence-corrected chi connectivity index (χ3v) is 1.74. The molecule has 1 N–H and O–H groups in total. The summed E-state index contributed by atoms with van der Waals surface area (Å²) in [6, 6.07) is -0.131. The molecule has 1 atom stereocenters. The molecule has 0 aromatic heterocycles. The van der Waals surface area contributed by atoms with E-state index < -0.39 is 0 Å². The summed E-state index contributed by atoms with van der Waals surface area (Å²) in [6.45, 7) is 5.40. The van der Waals surface area contributed by atoms with Gasteiger partial charge in [-0.3, -0.25) is 9.59 Å². The van der Waals surface area contributed by atoms with Crippen molar-refractivity contribution in [1.29, 1.82) is 0 Å². The van der Waals surface area contributed by atoms with Gasteiger partial charge in [0, 0.05) is 19.4 Å². The van der Waals surface area contributed by atoms with Crippen LogP contribution in [0.2, 0.25) is 0 Å². The number of amides is 1. The number of hydrogen-bond acceptors (Lipinski definition) is 3. The van der Waals surface area contributed by atoms with Crippen molar-refractivity contribution in [3.63, 3.8) is 0 Å². The van der Waals surface area contributed by atoms with Crippen LogP contribution in [-0.4, -0.2) is 24.5 Å². The molecule has 0 saturated carbocycles. The van der Waals surface area contributed by atoms with Gasteiger partial charge in [-0.15, -0.1) is 0 Å². The molecular weight excluding hydrogens is 218 g/mol. The van der Waals surface area contributed by atoms with Gasteiger partial charge in [-0.2, -0.15) is 0 Å². The van der Waals surface area contributed by atoms with E-state index in [2.05, 4.69) is 17.2 Å². The highest BCUT2D eigenvalue weighted by Crippen LogP contribution is 1.87. The van der Waals surface area contributed by atoms with Crippen molar-refractivity contribution in [1.82, 2.24) is 5.32 Å². The first-order valence-electron chi connectivity index (χ1n) is 5.65. The van der Waals surface area contributed by atoms with E-state index in [0.29, 0.717) is 0 Å². The fourth-order valence-corrected chi connectivity index (χ4v) is 0.984. The Balaban J connectivity index is 3.85. The molecule has 0 fully saturated rings. The Morgan fingerprint density at radius 3 is 2.76 bits per heavy atom. The second-order valence-corrected chi connectivity index (χ2v) is 3.54. The largest absolute Gasteiger partial charge is 0.462 e. The van der Waals surface area contributed by atoms with Crippen molar-refractivity contribution < 1.29 is 14.3 Å². The molecule has 0 bridgehead atoms. The van der Waals surface area contributed by atoms with E-state index in [4.69, 9.17) is 4.74 Å². The van der Waals surface area contributed by atoms with Crippen LogP contribution >= 0.6 is 0 Å². The summed E-state index contributed by atoms with van der Waals surface area (Å²) in [5, 5.41) is 2.69. The monoisotopic (exact) mass is 237 g/mol. The molecule has 1 unspecified atom stereocenters. The Morgan fingerprint density at radius 1 is 1.47 bits per heavy atom. The lowest BCUT2D eigenvalue weighted by molar-refractivity contribution is -0.139. The van der Waals surface area contributed by atoms with Crippen LogP contribution in [-0.2, 0) is 14.3 Å². The van der Waals surface area contributed by atoms with Crippen LogP contribution in [0.25, 0.3) is 0 Å². The van der Waals surface area contributed by atoms with Crippen molar-refractivity contribution in [2.24, 2.45) is 0 Å². The molecule has 0 spiro atoms. The zero-order chi connectivity index (χ0) is 13.1. The summed E-state index contributed by atoms with van der Waals surface area (Å²) in [6.07, 6.45) is 5.11. The van der Waals surface area contributed by atoms with E-state index in [1.54, 1.807) is 12.2 Å². The number of carbonyl (C=O) groups is 2. The molecule has 0 aliphatic heterocycles. The van der Waals surface area contributed by atoms with Crippen LogP contribution in [0.5, 0.6) is 0 Å². The predicted molar refractivity (Wildman–Crippen MR) is 66.1 cm³/mol. The van der Waals surface area contributed by atoms with Gasteiger partial charge in [0.15, 0.2) is 0 Å². The van der Waals surface area contributed by atoms with E-state index in [-0.39, 0.29) is 24.5 Å². The summed E-state index contributed by atoms with van der Waals surface area (Å²) in [4.78, 5) is 21.7. The van der Waals surface area contributed by atoms with Crippen molar-refractivity contribution in [2.45, 2.75) is 39.7 Å². The SMILES string of the molecule is CCCC#CC(=O)NC(C)/C=C/COC(C)=O. The van der Waals surface area contributed by atoms with Gasteiger partial charge in [-0.25, -0.2) is 0 Å². The average Bonchev–Trinajstić information content (AvgIpc) is 2.24. The summed E-state index contributed by atoms with van der Waals surface area (Å²) >= 11 is 0. The second kappa shape index (κ2) is 9.46. The van der Waals surface area contributed by atoms with Crippen molar-refractivity contribution in [3.05, 3.63) is 12.2 Å².